The molecule has 0 aliphatic rings. The number of rotatable bonds is 8. The number of aliphatic hydroxyl groups excluding tert-OH is 1. The molecule has 0 heterocycles. The van der Waals surface area contributed by atoms with Gasteiger partial charge in [0.2, 0.25) is 0 Å². The van der Waals surface area contributed by atoms with Crippen LogP contribution in [0.2, 0.25) is 0 Å². The summed E-state index contributed by atoms with van der Waals surface area (Å²) in [6.45, 7) is 4.59. The summed E-state index contributed by atoms with van der Waals surface area (Å²) in [5, 5.41) is 8.41. The molecule has 0 aliphatic carbocycles. The quantitative estimate of drug-likeness (QED) is 0.436. The second-order valence-corrected chi connectivity index (χ2v) is 3.92. The third-order valence-corrected chi connectivity index (χ3v) is 2.47. The van der Waals surface area contributed by atoms with Crippen LogP contribution in [0.3, 0.4) is 0 Å². The Hall–Kier alpha value is -0.460. The van der Waals surface area contributed by atoms with E-state index in [1.165, 1.54) is 38.5 Å². The normalized spacial score (nSPS) is 13.7. The molecule has 0 bridgehead atoms. The minimum absolute atomic E-state index is 0.887. The second kappa shape index (κ2) is 9.63. The molecule has 13 heavy (non-hydrogen) atoms. The third-order valence-electron chi connectivity index (χ3n) is 2.47. The van der Waals surface area contributed by atoms with Crippen molar-refractivity contribution >= 4 is 0 Å². The summed E-state index contributed by atoms with van der Waals surface area (Å²) in [4.78, 5) is 0. The highest BCUT2D eigenvalue weighted by Crippen LogP contribution is 2.15. The van der Waals surface area contributed by atoms with Gasteiger partial charge in [0.1, 0.15) is 0 Å². The minimum atomic E-state index is 0.887. The van der Waals surface area contributed by atoms with Gasteiger partial charge in [-0.25, -0.2) is 0 Å². The van der Waals surface area contributed by atoms with E-state index in [4.69, 9.17) is 5.11 Å². The summed E-state index contributed by atoms with van der Waals surface area (Å²) in [6, 6.07) is 0. The van der Waals surface area contributed by atoms with Gasteiger partial charge < -0.3 is 5.11 Å². The smallest absolute Gasteiger partial charge is 0.0751 e. The Labute approximate surface area is 82.9 Å². The van der Waals surface area contributed by atoms with Gasteiger partial charge in [-0.2, -0.15) is 0 Å². The lowest BCUT2D eigenvalue weighted by molar-refractivity contribution is 0.447. The fourth-order valence-electron chi connectivity index (χ4n) is 1.53. The van der Waals surface area contributed by atoms with Crippen LogP contribution in [0.1, 0.15) is 58.8 Å². The summed E-state index contributed by atoms with van der Waals surface area (Å²) in [5.74, 6) is 0.887. The van der Waals surface area contributed by atoms with Crippen LogP contribution in [-0.4, -0.2) is 5.11 Å². The van der Waals surface area contributed by atoms with Gasteiger partial charge >= 0.3 is 0 Å². The summed E-state index contributed by atoms with van der Waals surface area (Å²) >= 11 is 0. The van der Waals surface area contributed by atoms with Crippen LogP contribution < -0.4 is 0 Å². The molecule has 0 saturated heterocycles. The maximum absolute atomic E-state index is 8.41. The van der Waals surface area contributed by atoms with Crippen molar-refractivity contribution in [3.8, 4) is 0 Å². The van der Waals surface area contributed by atoms with E-state index in [-0.39, 0.29) is 0 Å². The van der Waals surface area contributed by atoms with Crippen molar-refractivity contribution in [2.45, 2.75) is 58.8 Å². The number of unbranched alkanes of at least 4 members (excludes halogenated alkanes) is 3. The first-order valence-electron chi connectivity index (χ1n) is 5.60. The topological polar surface area (TPSA) is 20.2 Å². The van der Waals surface area contributed by atoms with Gasteiger partial charge in [0.25, 0.3) is 0 Å². The van der Waals surface area contributed by atoms with Crippen LogP contribution in [0.15, 0.2) is 12.3 Å². The molecule has 0 rings (SSSR count). The Bertz CT molecular complexity index is 118. The van der Waals surface area contributed by atoms with Gasteiger partial charge in [-0.15, -0.1) is 0 Å². The first-order chi connectivity index (χ1) is 6.31. The summed E-state index contributed by atoms with van der Waals surface area (Å²) in [5.41, 5.74) is 0. The van der Waals surface area contributed by atoms with Crippen molar-refractivity contribution in [3.63, 3.8) is 0 Å². The van der Waals surface area contributed by atoms with E-state index in [9.17, 15) is 0 Å². The number of aliphatic hydroxyl groups is 1. The molecule has 1 heteroatoms. The van der Waals surface area contributed by atoms with Gasteiger partial charge in [0.05, 0.1) is 6.26 Å². The zero-order valence-electron chi connectivity index (χ0n) is 9.13. The summed E-state index contributed by atoms with van der Waals surface area (Å²) in [6.07, 6.45) is 11.9. The first kappa shape index (κ1) is 12.5. The molecule has 0 aliphatic heterocycles. The van der Waals surface area contributed by atoms with E-state index in [1.807, 2.05) is 6.08 Å². The summed E-state index contributed by atoms with van der Waals surface area (Å²) < 4.78 is 0. The standard InChI is InChI=1S/C12H24O/c1-3-4-9-12(2)10-7-5-6-8-11-13/h8,11-13H,3-7,9-10H2,1-2H3/b11-8+. The van der Waals surface area contributed by atoms with Crippen LogP contribution in [0.25, 0.3) is 0 Å². The van der Waals surface area contributed by atoms with Crippen LogP contribution >= 0.6 is 0 Å². The van der Waals surface area contributed by atoms with E-state index in [0.717, 1.165) is 18.6 Å². The van der Waals surface area contributed by atoms with Crippen LogP contribution in [-0.2, 0) is 0 Å². The van der Waals surface area contributed by atoms with E-state index in [2.05, 4.69) is 13.8 Å². The Kier molecular flexibility index (Phi) is 9.29. The van der Waals surface area contributed by atoms with Gasteiger partial charge in [0.15, 0.2) is 0 Å². The predicted octanol–water partition coefficient (Wildman–Crippen LogP) is 4.44. The molecule has 0 radical (unpaired) electrons. The molecule has 0 aromatic rings. The molecule has 0 fully saturated rings. The largest absolute Gasteiger partial charge is 0.516 e. The number of hydrogen-bond donors (Lipinski definition) is 1. The Morgan fingerprint density at radius 2 is 1.85 bits per heavy atom. The van der Waals surface area contributed by atoms with E-state index in [0.29, 0.717) is 0 Å². The molecular weight excluding hydrogens is 160 g/mol. The zero-order chi connectivity index (χ0) is 9.94. The third kappa shape index (κ3) is 9.45. The first-order valence-corrected chi connectivity index (χ1v) is 5.60. The maximum atomic E-state index is 8.41. The highest BCUT2D eigenvalue weighted by Gasteiger charge is 1.99. The SMILES string of the molecule is CCCCC(C)CCCC/C=C/O. The fourth-order valence-corrected chi connectivity index (χ4v) is 1.53. The van der Waals surface area contributed by atoms with Crippen molar-refractivity contribution in [3.05, 3.63) is 12.3 Å². The van der Waals surface area contributed by atoms with Crippen molar-refractivity contribution < 1.29 is 5.11 Å². The molecule has 78 valence electrons. The molecule has 1 N–H and O–H groups in total. The number of hydrogen-bond acceptors (Lipinski definition) is 1. The van der Waals surface area contributed by atoms with Crippen molar-refractivity contribution in [2.75, 3.05) is 0 Å². The highest BCUT2D eigenvalue weighted by molar-refractivity contribution is 4.71. The van der Waals surface area contributed by atoms with Crippen LogP contribution in [0, 0.1) is 5.92 Å². The van der Waals surface area contributed by atoms with Crippen LogP contribution in [0.4, 0.5) is 0 Å². The molecule has 1 unspecified atom stereocenters. The van der Waals surface area contributed by atoms with Crippen molar-refractivity contribution in [2.24, 2.45) is 5.92 Å². The monoisotopic (exact) mass is 184 g/mol. The molecule has 0 aromatic carbocycles. The van der Waals surface area contributed by atoms with Crippen LogP contribution in [0.5, 0.6) is 0 Å². The molecule has 0 saturated carbocycles. The Morgan fingerprint density at radius 1 is 1.15 bits per heavy atom. The minimum Gasteiger partial charge on any atom is -0.516 e. The van der Waals surface area contributed by atoms with Gasteiger partial charge in [-0.1, -0.05) is 52.0 Å². The van der Waals surface area contributed by atoms with Crippen molar-refractivity contribution in [1.29, 1.82) is 0 Å². The Morgan fingerprint density at radius 3 is 2.46 bits per heavy atom. The fraction of sp³-hybridized carbons (Fsp3) is 0.833. The molecule has 0 amide bonds. The second-order valence-electron chi connectivity index (χ2n) is 3.92. The van der Waals surface area contributed by atoms with E-state index >= 15 is 0 Å². The maximum Gasteiger partial charge on any atom is 0.0751 e. The predicted molar refractivity (Wildman–Crippen MR) is 58.9 cm³/mol. The van der Waals surface area contributed by atoms with Gasteiger partial charge in [0, 0.05) is 0 Å². The van der Waals surface area contributed by atoms with Crippen molar-refractivity contribution in [1.82, 2.24) is 0 Å². The average molecular weight is 184 g/mol. The Balaban J connectivity index is 3.11. The molecule has 1 atom stereocenters. The average Bonchev–Trinajstić information content (AvgIpc) is 2.14. The van der Waals surface area contributed by atoms with Gasteiger partial charge in [-0.3, -0.25) is 0 Å². The molecular formula is C12H24O. The molecule has 1 nitrogen and oxygen atoms in total. The molecule has 0 aromatic heterocycles. The van der Waals surface area contributed by atoms with E-state index in [1.54, 1.807) is 0 Å². The number of allylic oxidation sites excluding steroid dienone is 1. The lowest BCUT2D eigenvalue weighted by atomic mass is 9.97. The molecule has 0 spiro atoms. The summed E-state index contributed by atoms with van der Waals surface area (Å²) in [7, 11) is 0. The van der Waals surface area contributed by atoms with E-state index < -0.39 is 0 Å². The zero-order valence-corrected chi connectivity index (χ0v) is 9.13. The lowest BCUT2D eigenvalue weighted by Crippen LogP contribution is -1.94. The van der Waals surface area contributed by atoms with Gasteiger partial charge in [-0.05, 0) is 18.8 Å². The highest BCUT2D eigenvalue weighted by atomic mass is 16.2. The lowest BCUT2D eigenvalue weighted by Gasteiger charge is -2.09.